The van der Waals surface area contributed by atoms with E-state index in [-0.39, 0.29) is 5.56 Å². The summed E-state index contributed by atoms with van der Waals surface area (Å²) in [5.41, 5.74) is 3.63. The molecule has 7 heteroatoms. The molecule has 0 unspecified atom stereocenters. The summed E-state index contributed by atoms with van der Waals surface area (Å²) in [4.78, 5) is 19.9. The van der Waals surface area contributed by atoms with Gasteiger partial charge in [-0.2, -0.15) is 11.8 Å². The summed E-state index contributed by atoms with van der Waals surface area (Å²) in [6.07, 6.45) is 0.829. The predicted molar refractivity (Wildman–Crippen MR) is 91.9 cm³/mol. The van der Waals surface area contributed by atoms with Crippen LogP contribution in [0.25, 0.3) is 11.4 Å². The van der Waals surface area contributed by atoms with Crippen LogP contribution in [0.2, 0.25) is 0 Å². The maximum Gasteiger partial charge on any atom is 0.492 e. The van der Waals surface area contributed by atoms with Gasteiger partial charge in [0, 0.05) is 16.9 Å². The second-order valence-corrected chi connectivity index (χ2v) is 7.53. The molecule has 0 aliphatic carbocycles. The fourth-order valence-corrected chi connectivity index (χ4v) is 4.21. The van der Waals surface area contributed by atoms with Crippen molar-refractivity contribution < 1.29 is 9.68 Å². The monoisotopic (exact) mass is 328 g/mol. The number of aromatic amines is 1. The van der Waals surface area contributed by atoms with E-state index in [1.165, 1.54) is 0 Å². The molecule has 0 fully saturated rings. The third-order valence-electron chi connectivity index (χ3n) is 4.48. The van der Waals surface area contributed by atoms with Gasteiger partial charge in [-0.15, -0.1) is 0 Å². The quantitative estimate of drug-likeness (QED) is 0.769. The molecule has 4 rings (SSSR count). The van der Waals surface area contributed by atoms with Crippen molar-refractivity contribution in [2.75, 3.05) is 5.75 Å². The normalized spacial score (nSPS) is 18.7. The molecule has 1 aromatic carbocycles. The summed E-state index contributed by atoms with van der Waals surface area (Å²) in [6.45, 7) is 3.85. The zero-order chi connectivity index (χ0) is 16.2. The Labute approximate surface area is 138 Å². The Bertz CT molecular complexity index is 850. The number of nitrogens with one attached hydrogen (secondary N) is 1. The van der Waals surface area contributed by atoms with Crippen molar-refractivity contribution in [3.63, 3.8) is 0 Å². The summed E-state index contributed by atoms with van der Waals surface area (Å²) < 4.78 is 5.58. The molecule has 0 saturated heterocycles. The lowest BCUT2D eigenvalue weighted by atomic mass is 9.78. The highest BCUT2D eigenvalue weighted by molar-refractivity contribution is 7.98. The highest BCUT2D eigenvalue weighted by Crippen LogP contribution is 2.32. The van der Waals surface area contributed by atoms with Crippen LogP contribution >= 0.6 is 11.8 Å². The fourth-order valence-electron chi connectivity index (χ4n) is 3.23. The Morgan fingerprint density at radius 3 is 3.09 bits per heavy atom. The van der Waals surface area contributed by atoms with Crippen LogP contribution in [0, 0.1) is 0 Å². The first-order valence-electron chi connectivity index (χ1n) is 7.66. The van der Waals surface area contributed by atoms with Gasteiger partial charge in [-0.1, -0.05) is 12.1 Å². The topological polar surface area (TPSA) is 75.2 Å². The van der Waals surface area contributed by atoms with Gasteiger partial charge in [-0.25, -0.2) is 4.98 Å². The van der Waals surface area contributed by atoms with Gasteiger partial charge in [-0.05, 0) is 43.1 Å². The van der Waals surface area contributed by atoms with E-state index in [0.29, 0.717) is 5.82 Å². The van der Waals surface area contributed by atoms with E-state index >= 15 is 0 Å². The van der Waals surface area contributed by atoms with Gasteiger partial charge >= 0.3 is 7.12 Å². The number of hydrogen-bond donors (Lipinski definition) is 2. The third-order valence-corrected chi connectivity index (χ3v) is 5.46. The Morgan fingerprint density at radius 1 is 1.43 bits per heavy atom. The average molecular weight is 328 g/mol. The van der Waals surface area contributed by atoms with Crippen molar-refractivity contribution in [1.82, 2.24) is 9.97 Å². The Hall–Kier alpha value is -1.57. The molecule has 0 spiro atoms. The summed E-state index contributed by atoms with van der Waals surface area (Å²) >= 11 is 1.77. The molecule has 0 radical (unpaired) electrons. The number of aromatic nitrogens is 2. The van der Waals surface area contributed by atoms with Crippen LogP contribution in [0.3, 0.4) is 0 Å². The van der Waals surface area contributed by atoms with Crippen LogP contribution in [-0.4, -0.2) is 27.9 Å². The van der Waals surface area contributed by atoms with E-state index in [0.717, 1.165) is 45.8 Å². The van der Waals surface area contributed by atoms with Gasteiger partial charge in [0.05, 0.1) is 11.3 Å². The molecule has 118 valence electrons. The van der Waals surface area contributed by atoms with E-state index in [9.17, 15) is 9.82 Å². The van der Waals surface area contributed by atoms with Crippen molar-refractivity contribution >= 4 is 24.3 Å². The molecule has 0 amide bonds. The van der Waals surface area contributed by atoms with Crippen LogP contribution in [-0.2, 0) is 22.4 Å². The first kappa shape index (κ1) is 15.0. The molecule has 0 atom stereocenters. The van der Waals surface area contributed by atoms with Gasteiger partial charge in [0.1, 0.15) is 5.82 Å². The Balaban J connectivity index is 1.84. The number of nitrogens with zero attached hydrogens (tertiary/aromatic N) is 1. The molecule has 0 saturated carbocycles. The molecule has 2 N–H and O–H groups in total. The fraction of sp³-hybridized carbons (Fsp3) is 0.375. The van der Waals surface area contributed by atoms with E-state index < -0.39 is 12.7 Å². The molecule has 23 heavy (non-hydrogen) atoms. The van der Waals surface area contributed by atoms with Crippen LogP contribution in [0.4, 0.5) is 0 Å². The van der Waals surface area contributed by atoms with E-state index in [1.807, 2.05) is 32.0 Å². The zero-order valence-electron chi connectivity index (χ0n) is 13.0. The third kappa shape index (κ3) is 2.43. The first-order valence-corrected chi connectivity index (χ1v) is 8.82. The SMILES string of the molecule is CC1(C)OB(O)c2ccc(-c3nc4c(c(=O)[nH]3)CSCC4)cc21. The number of benzene rings is 1. The molecule has 2 aromatic rings. The van der Waals surface area contributed by atoms with Crippen LogP contribution in [0.5, 0.6) is 0 Å². The molecule has 3 heterocycles. The number of H-pyrrole nitrogens is 1. The van der Waals surface area contributed by atoms with Crippen molar-refractivity contribution in [1.29, 1.82) is 0 Å². The minimum absolute atomic E-state index is 0.0479. The number of aryl methyl sites for hydroxylation is 1. The van der Waals surface area contributed by atoms with E-state index in [2.05, 4.69) is 9.97 Å². The van der Waals surface area contributed by atoms with Gasteiger partial charge < -0.3 is 14.7 Å². The van der Waals surface area contributed by atoms with E-state index in [1.54, 1.807) is 11.8 Å². The van der Waals surface area contributed by atoms with Gasteiger partial charge in [-0.3, -0.25) is 4.79 Å². The van der Waals surface area contributed by atoms with Crippen LogP contribution in [0.15, 0.2) is 23.0 Å². The van der Waals surface area contributed by atoms with Gasteiger partial charge in [0.25, 0.3) is 5.56 Å². The Morgan fingerprint density at radius 2 is 2.26 bits per heavy atom. The highest BCUT2D eigenvalue weighted by atomic mass is 32.2. The smallest absolute Gasteiger partial charge is 0.423 e. The predicted octanol–water partition coefficient (Wildman–Crippen LogP) is 1.18. The van der Waals surface area contributed by atoms with Crippen molar-refractivity contribution in [3.05, 3.63) is 45.4 Å². The number of hydrogen-bond acceptors (Lipinski definition) is 5. The summed E-state index contributed by atoms with van der Waals surface area (Å²) in [5.74, 6) is 2.32. The van der Waals surface area contributed by atoms with Gasteiger partial charge in [0.2, 0.25) is 0 Å². The second kappa shape index (κ2) is 5.23. The minimum atomic E-state index is -0.901. The Kier molecular flexibility index (Phi) is 3.41. The maximum atomic E-state index is 12.3. The molecular weight excluding hydrogens is 311 g/mol. The second-order valence-electron chi connectivity index (χ2n) is 6.42. The van der Waals surface area contributed by atoms with Crippen molar-refractivity contribution in [3.8, 4) is 11.4 Å². The van der Waals surface area contributed by atoms with Crippen molar-refractivity contribution in [2.24, 2.45) is 0 Å². The number of fused-ring (bicyclic) bond motifs is 2. The minimum Gasteiger partial charge on any atom is -0.423 e. The molecular formula is C16H17BN2O3S. The lowest BCUT2D eigenvalue weighted by molar-refractivity contribution is 0.101. The van der Waals surface area contributed by atoms with Crippen LogP contribution < -0.4 is 11.0 Å². The first-order chi connectivity index (χ1) is 11.0. The zero-order valence-corrected chi connectivity index (χ0v) is 13.9. The maximum absolute atomic E-state index is 12.3. The molecule has 2 aliphatic heterocycles. The van der Waals surface area contributed by atoms with E-state index in [4.69, 9.17) is 4.65 Å². The van der Waals surface area contributed by atoms with Gasteiger partial charge in [0.15, 0.2) is 0 Å². The molecule has 1 aromatic heterocycles. The highest BCUT2D eigenvalue weighted by Gasteiger charge is 2.40. The molecule has 0 bridgehead atoms. The van der Waals surface area contributed by atoms with Crippen LogP contribution in [0.1, 0.15) is 30.7 Å². The standard InChI is InChI=1S/C16H17BN2O3S/c1-16(2)11-7-9(3-4-12(11)17(21)22-16)14-18-13-5-6-23-8-10(13)15(20)19-14/h3-4,7,21H,5-6,8H2,1-2H3,(H,18,19,20). The number of thioether (sulfide) groups is 1. The summed E-state index contributed by atoms with van der Waals surface area (Å²) in [5, 5.41) is 9.98. The number of rotatable bonds is 1. The molecule has 5 nitrogen and oxygen atoms in total. The lowest BCUT2D eigenvalue weighted by Crippen LogP contribution is -2.28. The lowest BCUT2D eigenvalue weighted by Gasteiger charge is -2.20. The summed E-state index contributed by atoms with van der Waals surface area (Å²) in [6, 6.07) is 5.67. The average Bonchev–Trinajstić information content (AvgIpc) is 2.76. The van der Waals surface area contributed by atoms with Crippen molar-refractivity contribution in [2.45, 2.75) is 31.6 Å². The largest absolute Gasteiger partial charge is 0.492 e. The molecule has 2 aliphatic rings. The summed E-state index contributed by atoms with van der Waals surface area (Å²) in [7, 11) is -0.901.